The fourth-order valence-corrected chi connectivity index (χ4v) is 3.08. The third-order valence-corrected chi connectivity index (χ3v) is 4.51. The number of benzene rings is 2. The van der Waals surface area contributed by atoms with Crippen LogP contribution in [0, 0.1) is 17.8 Å². The van der Waals surface area contributed by atoms with E-state index in [0.29, 0.717) is 19.0 Å². The lowest BCUT2D eigenvalue weighted by Crippen LogP contribution is -2.37. The molecule has 0 saturated carbocycles. The Hall–Kier alpha value is -2.73. The van der Waals surface area contributed by atoms with Gasteiger partial charge in [0.1, 0.15) is 0 Å². The Morgan fingerprint density at radius 2 is 1.71 bits per heavy atom. The average Bonchev–Trinajstić information content (AvgIpc) is 2.63. The molecule has 0 bridgehead atoms. The zero-order chi connectivity index (χ0) is 16.8. The first-order chi connectivity index (χ1) is 11.7. The third kappa shape index (κ3) is 3.97. The van der Waals surface area contributed by atoms with E-state index in [0.717, 1.165) is 30.4 Å². The molecule has 0 spiro atoms. The molecule has 0 radical (unpaired) electrons. The number of amides is 1. The van der Waals surface area contributed by atoms with Gasteiger partial charge in [-0.3, -0.25) is 0 Å². The Morgan fingerprint density at radius 3 is 2.42 bits per heavy atom. The van der Waals surface area contributed by atoms with Gasteiger partial charge in [0.25, 0.3) is 0 Å². The second kappa shape index (κ2) is 7.70. The van der Waals surface area contributed by atoms with Crippen molar-refractivity contribution in [1.82, 2.24) is 4.90 Å². The van der Waals surface area contributed by atoms with Crippen LogP contribution in [0.4, 0.5) is 4.79 Å². The Balaban J connectivity index is 1.66. The van der Waals surface area contributed by atoms with Gasteiger partial charge in [-0.25, -0.2) is 4.79 Å². The first kappa shape index (κ1) is 16.1. The summed E-state index contributed by atoms with van der Waals surface area (Å²) in [6, 6.07) is 18.5. The zero-order valence-corrected chi connectivity index (χ0v) is 13.6. The topological polar surface area (TPSA) is 40.5 Å². The van der Waals surface area contributed by atoms with Gasteiger partial charge in [-0.15, -0.1) is 0 Å². The Kier molecular flexibility index (Phi) is 5.18. The second-order valence-corrected chi connectivity index (χ2v) is 6.13. The molecule has 1 heterocycles. The minimum atomic E-state index is -0.809. The predicted molar refractivity (Wildman–Crippen MR) is 95.7 cm³/mol. The number of carbonyl (C=O) groups is 1. The monoisotopic (exact) mass is 319 g/mol. The van der Waals surface area contributed by atoms with Crippen molar-refractivity contribution in [2.45, 2.75) is 19.3 Å². The van der Waals surface area contributed by atoms with Gasteiger partial charge in [0, 0.05) is 25.1 Å². The largest absolute Gasteiger partial charge is 0.465 e. The van der Waals surface area contributed by atoms with Crippen molar-refractivity contribution in [2.24, 2.45) is 5.92 Å². The van der Waals surface area contributed by atoms with Crippen LogP contribution in [0.15, 0.2) is 54.6 Å². The van der Waals surface area contributed by atoms with E-state index < -0.39 is 6.09 Å². The van der Waals surface area contributed by atoms with Gasteiger partial charge in [0.05, 0.1) is 0 Å². The number of likely N-dealkylation sites (tertiary alicyclic amines) is 1. The van der Waals surface area contributed by atoms with Crippen LogP contribution < -0.4 is 0 Å². The molecule has 2 aromatic rings. The van der Waals surface area contributed by atoms with Crippen LogP contribution in [-0.4, -0.2) is 29.2 Å². The maximum atomic E-state index is 10.9. The molecule has 24 heavy (non-hydrogen) atoms. The normalized spacial score (nSPS) is 14.8. The zero-order valence-electron chi connectivity index (χ0n) is 13.6. The summed E-state index contributed by atoms with van der Waals surface area (Å²) in [5.74, 6) is 7.12. The molecule has 0 aliphatic carbocycles. The summed E-state index contributed by atoms with van der Waals surface area (Å²) in [6.45, 7) is 1.25. The summed E-state index contributed by atoms with van der Waals surface area (Å²) in [5, 5.41) is 8.99. The molecule has 1 aliphatic rings. The van der Waals surface area contributed by atoms with E-state index in [1.54, 1.807) is 0 Å². The van der Waals surface area contributed by atoms with Crippen LogP contribution in [0.25, 0.3) is 11.1 Å². The first-order valence-corrected chi connectivity index (χ1v) is 8.35. The highest BCUT2D eigenvalue weighted by atomic mass is 16.4. The van der Waals surface area contributed by atoms with Crippen LogP contribution in [0.5, 0.6) is 0 Å². The second-order valence-electron chi connectivity index (χ2n) is 6.13. The van der Waals surface area contributed by atoms with E-state index in [9.17, 15) is 4.79 Å². The number of nitrogens with zero attached hydrogens (tertiary/aromatic N) is 1. The molecule has 1 amide bonds. The van der Waals surface area contributed by atoms with Crippen LogP contribution in [0.1, 0.15) is 24.8 Å². The van der Waals surface area contributed by atoms with Crippen LogP contribution in [0.2, 0.25) is 0 Å². The van der Waals surface area contributed by atoms with Crippen molar-refractivity contribution < 1.29 is 9.90 Å². The van der Waals surface area contributed by atoms with Gasteiger partial charge in [-0.2, -0.15) is 0 Å². The van der Waals surface area contributed by atoms with Gasteiger partial charge in [-0.05, 0) is 36.0 Å². The lowest BCUT2D eigenvalue weighted by molar-refractivity contribution is 0.125. The van der Waals surface area contributed by atoms with E-state index in [1.807, 2.05) is 30.3 Å². The van der Waals surface area contributed by atoms with Crippen molar-refractivity contribution in [1.29, 1.82) is 0 Å². The Bertz CT molecular complexity index is 750. The van der Waals surface area contributed by atoms with E-state index in [-0.39, 0.29) is 0 Å². The SMILES string of the molecule is O=C(O)N1CCC(CC#Cc2ccccc2-c2ccccc2)CC1. The summed E-state index contributed by atoms with van der Waals surface area (Å²) >= 11 is 0. The molecule has 1 aliphatic heterocycles. The smallest absolute Gasteiger partial charge is 0.407 e. The van der Waals surface area contributed by atoms with Crippen molar-refractivity contribution in [3.05, 3.63) is 60.2 Å². The molecule has 3 rings (SSSR count). The van der Waals surface area contributed by atoms with Crippen molar-refractivity contribution >= 4 is 6.09 Å². The van der Waals surface area contributed by atoms with E-state index in [2.05, 4.69) is 36.1 Å². The molecule has 3 heteroatoms. The molecule has 1 N–H and O–H groups in total. The summed E-state index contributed by atoms with van der Waals surface area (Å²) in [7, 11) is 0. The number of hydrogen-bond donors (Lipinski definition) is 1. The summed E-state index contributed by atoms with van der Waals surface area (Å²) in [4.78, 5) is 12.4. The average molecular weight is 319 g/mol. The van der Waals surface area contributed by atoms with Crippen LogP contribution in [-0.2, 0) is 0 Å². The first-order valence-electron chi connectivity index (χ1n) is 8.35. The van der Waals surface area contributed by atoms with Crippen molar-refractivity contribution in [3.63, 3.8) is 0 Å². The molecular weight excluding hydrogens is 298 g/mol. The van der Waals surface area contributed by atoms with Gasteiger partial charge in [0.15, 0.2) is 0 Å². The van der Waals surface area contributed by atoms with Gasteiger partial charge < -0.3 is 10.0 Å². The summed E-state index contributed by atoms with van der Waals surface area (Å²) < 4.78 is 0. The fourth-order valence-electron chi connectivity index (χ4n) is 3.08. The van der Waals surface area contributed by atoms with Crippen molar-refractivity contribution in [3.8, 4) is 23.0 Å². The van der Waals surface area contributed by atoms with E-state index >= 15 is 0 Å². The molecule has 0 aromatic heterocycles. The summed E-state index contributed by atoms with van der Waals surface area (Å²) in [6.07, 6.45) is 1.83. The van der Waals surface area contributed by atoms with Gasteiger partial charge in [0.2, 0.25) is 0 Å². The Morgan fingerprint density at radius 1 is 1.04 bits per heavy atom. The molecule has 1 saturated heterocycles. The number of carboxylic acid groups (broad SMARTS) is 1. The van der Waals surface area contributed by atoms with Crippen LogP contribution in [0.3, 0.4) is 0 Å². The van der Waals surface area contributed by atoms with Crippen molar-refractivity contribution in [2.75, 3.05) is 13.1 Å². The predicted octanol–water partition coefficient (Wildman–Crippen LogP) is 4.49. The lowest BCUT2D eigenvalue weighted by atomic mass is 9.93. The quantitative estimate of drug-likeness (QED) is 0.829. The van der Waals surface area contributed by atoms with Gasteiger partial charge in [-0.1, -0.05) is 60.4 Å². The number of hydrogen-bond acceptors (Lipinski definition) is 1. The molecule has 122 valence electrons. The fraction of sp³-hybridized carbons (Fsp3) is 0.286. The molecule has 3 nitrogen and oxygen atoms in total. The Labute approximate surface area is 142 Å². The molecular formula is C21H21NO2. The summed E-state index contributed by atoms with van der Waals surface area (Å²) in [5.41, 5.74) is 3.38. The van der Waals surface area contributed by atoms with E-state index in [4.69, 9.17) is 5.11 Å². The maximum absolute atomic E-state index is 10.9. The molecule has 0 atom stereocenters. The number of rotatable bonds is 2. The van der Waals surface area contributed by atoms with Crippen LogP contribution >= 0.6 is 0 Å². The standard InChI is InChI=1S/C21H21NO2/c23-21(24)22-15-13-17(14-16-22)7-6-11-19-10-4-5-12-20(19)18-8-2-1-3-9-18/h1-5,8-10,12,17H,7,13-16H2,(H,23,24). The highest BCUT2D eigenvalue weighted by molar-refractivity contribution is 5.71. The number of piperidine rings is 1. The maximum Gasteiger partial charge on any atom is 0.407 e. The highest BCUT2D eigenvalue weighted by Crippen LogP contribution is 2.23. The molecule has 0 unspecified atom stereocenters. The minimum Gasteiger partial charge on any atom is -0.465 e. The molecule has 2 aromatic carbocycles. The molecule has 1 fully saturated rings. The lowest BCUT2D eigenvalue weighted by Gasteiger charge is -2.28. The highest BCUT2D eigenvalue weighted by Gasteiger charge is 2.21. The van der Waals surface area contributed by atoms with E-state index in [1.165, 1.54) is 10.5 Å². The third-order valence-electron chi connectivity index (χ3n) is 4.51. The minimum absolute atomic E-state index is 0.497. The van der Waals surface area contributed by atoms with Gasteiger partial charge >= 0.3 is 6.09 Å².